The van der Waals surface area contributed by atoms with Crippen molar-refractivity contribution in [1.29, 1.82) is 0 Å². The third kappa shape index (κ3) is 2.99. The summed E-state index contributed by atoms with van der Waals surface area (Å²) >= 11 is 0. The van der Waals surface area contributed by atoms with Crippen LogP contribution in [0.4, 0.5) is 5.69 Å². The van der Waals surface area contributed by atoms with Crippen LogP contribution in [0.3, 0.4) is 0 Å². The van der Waals surface area contributed by atoms with Gasteiger partial charge in [-0.25, -0.2) is 8.42 Å². The van der Waals surface area contributed by atoms with Crippen LogP contribution in [0.2, 0.25) is 0 Å². The van der Waals surface area contributed by atoms with Crippen molar-refractivity contribution in [1.82, 2.24) is 4.98 Å². The van der Waals surface area contributed by atoms with E-state index in [9.17, 15) is 8.42 Å². The van der Waals surface area contributed by atoms with Gasteiger partial charge in [0.2, 0.25) is 0 Å². The first-order valence-electron chi connectivity index (χ1n) is 7.27. The van der Waals surface area contributed by atoms with Gasteiger partial charge in [-0.1, -0.05) is 25.5 Å². The fourth-order valence-corrected chi connectivity index (χ4v) is 3.50. The molecule has 0 atom stereocenters. The number of nitrogens with one attached hydrogen (secondary N) is 2. The van der Waals surface area contributed by atoms with E-state index in [1.807, 2.05) is 36.5 Å². The molecule has 0 saturated carbocycles. The van der Waals surface area contributed by atoms with Gasteiger partial charge in [-0.3, -0.25) is 4.72 Å². The summed E-state index contributed by atoms with van der Waals surface area (Å²) < 4.78 is 27.5. The van der Waals surface area contributed by atoms with E-state index in [-0.39, 0.29) is 4.90 Å². The molecule has 0 radical (unpaired) electrons. The SMILES string of the molecule is CCCc1ccc(S(=O)(=O)Nc2ccc3[nH]ccc3c2)cc1. The Morgan fingerprint density at radius 1 is 1.05 bits per heavy atom. The lowest BCUT2D eigenvalue weighted by Gasteiger charge is -2.09. The molecule has 2 N–H and O–H groups in total. The number of benzene rings is 2. The van der Waals surface area contributed by atoms with Gasteiger partial charge in [-0.15, -0.1) is 0 Å². The highest BCUT2D eigenvalue weighted by Gasteiger charge is 2.14. The van der Waals surface area contributed by atoms with Gasteiger partial charge in [-0.05, 0) is 48.4 Å². The van der Waals surface area contributed by atoms with E-state index in [1.54, 1.807) is 18.2 Å². The second-order valence-corrected chi connectivity index (χ2v) is 6.96. The van der Waals surface area contributed by atoms with Gasteiger partial charge in [0.25, 0.3) is 10.0 Å². The molecule has 0 unspecified atom stereocenters. The van der Waals surface area contributed by atoms with Crippen molar-refractivity contribution >= 4 is 26.6 Å². The maximum atomic E-state index is 12.4. The second kappa shape index (κ2) is 5.85. The van der Waals surface area contributed by atoms with E-state index in [4.69, 9.17) is 0 Å². The van der Waals surface area contributed by atoms with Crippen molar-refractivity contribution in [3.05, 3.63) is 60.3 Å². The maximum absolute atomic E-state index is 12.4. The molecule has 0 spiro atoms. The minimum Gasteiger partial charge on any atom is -0.361 e. The molecule has 5 heteroatoms. The maximum Gasteiger partial charge on any atom is 0.261 e. The molecule has 0 amide bonds. The van der Waals surface area contributed by atoms with Crippen molar-refractivity contribution in [3.63, 3.8) is 0 Å². The molecule has 4 nitrogen and oxygen atoms in total. The van der Waals surface area contributed by atoms with Crippen molar-refractivity contribution < 1.29 is 8.42 Å². The number of anilines is 1. The number of hydrogen-bond acceptors (Lipinski definition) is 2. The monoisotopic (exact) mass is 314 g/mol. The van der Waals surface area contributed by atoms with E-state index < -0.39 is 10.0 Å². The Kier molecular flexibility index (Phi) is 3.90. The smallest absolute Gasteiger partial charge is 0.261 e. The van der Waals surface area contributed by atoms with Crippen LogP contribution in [0.15, 0.2) is 59.6 Å². The molecule has 0 bridgehead atoms. The molecule has 0 aliphatic heterocycles. The van der Waals surface area contributed by atoms with Crippen LogP contribution >= 0.6 is 0 Å². The molecule has 2 aromatic carbocycles. The largest absolute Gasteiger partial charge is 0.361 e. The normalized spacial score (nSPS) is 11.7. The first-order chi connectivity index (χ1) is 10.6. The minimum absolute atomic E-state index is 0.279. The molecule has 114 valence electrons. The zero-order valence-corrected chi connectivity index (χ0v) is 13.2. The Bertz CT molecular complexity index is 880. The van der Waals surface area contributed by atoms with E-state index >= 15 is 0 Å². The Balaban J connectivity index is 1.85. The van der Waals surface area contributed by atoms with Crippen LogP contribution in [0, 0.1) is 0 Å². The zero-order chi connectivity index (χ0) is 15.6. The Morgan fingerprint density at radius 3 is 2.55 bits per heavy atom. The summed E-state index contributed by atoms with van der Waals surface area (Å²) in [5.41, 5.74) is 2.69. The Labute approximate surface area is 130 Å². The van der Waals surface area contributed by atoms with Gasteiger partial charge in [0.05, 0.1) is 4.90 Å². The van der Waals surface area contributed by atoms with Crippen LogP contribution in [0.5, 0.6) is 0 Å². The fraction of sp³-hybridized carbons (Fsp3) is 0.176. The average molecular weight is 314 g/mol. The summed E-state index contributed by atoms with van der Waals surface area (Å²) in [6.07, 6.45) is 3.83. The molecule has 0 saturated heterocycles. The topological polar surface area (TPSA) is 62.0 Å². The lowest BCUT2D eigenvalue weighted by atomic mass is 10.1. The number of aryl methyl sites for hydroxylation is 1. The minimum atomic E-state index is -3.56. The second-order valence-electron chi connectivity index (χ2n) is 5.28. The summed E-state index contributed by atoms with van der Waals surface area (Å²) in [6.45, 7) is 2.10. The van der Waals surface area contributed by atoms with Crippen LogP contribution in [-0.4, -0.2) is 13.4 Å². The highest BCUT2D eigenvalue weighted by atomic mass is 32.2. The highest BCUT2D eigenvalue weighted by molar-refractivity contribution is 7.92. The van der Waals surface area contributed by atoms with Crippen molar-refractivity contribution in [2.75, 3.05) is 4.72 Å². The quantitative estimate of drug-likeness (QED) is 0.749. The van der Waals surface area contributed by atoms with Gasteiger partial charge in [0, 0.05) is 22.8 Å². The summed E-state index contributed by atoms with van der Waals surface area (Å²) in [7, 11) is -3.56. The fourth-order valence-electron chi connectivity index (χ4n) is 2.45. The Morgan fingerprint density at radius 2 is 1.82 bits per heavy atom. The van der Waals surface area contributed by atoms with E-state index in [1.165, 1.54) is 0 Å². The molecule has 1 heterocycles. The zero-order valence-electron chi connectivity index (χ0n) is 12.3. The number of fused-ring (bicyclic) bond motifs is 1. The molecule has 3 rings (SSSR count). The number of rotatable bonds is 5. The average Bonchev–Trinajstić information content (AvgIpc) is 2.95. The van der Waals surface area contributed by atoms with Crippen LogP contribution in [0.25, 0.3) is 10.9 Å². The number of hydrogen-bond donors (Lipinski definition) is 2. The van der Waals surface area contributed by atoms with Crippen molar-refractivity contribution in [3.8, 4) is 0 Å². The number of aromatic amines is 1. The molecular formula is C17H18N2O2S. The lowest BCUT2D eigenvalue weighted by Crippen LogP contribution is -2.12. The molecule has 3 aromatic rings. The van der Waals surface area contributed by atoms with Gasteiger partial charge in [-0.2, -0.15) is 0 Å². The molecule has 0 aliphatic carbocycles. The first-order valence-corrected chi connectivity index (χ1v) is 8.76. The standard InChI is InChI=1S/C17H18N2O2S/c1-2-3-13-4-7-16(8-5-13)22(20,21)19-15-6-9-17-14(12-15)10-11-18-17/h4-12,18-19H,2-3H2,1H3. The number of H-pyrrole nitrogens is 1. The predicted octanol–water partition coefficient (Wildman–Crippen LogP) is 3.92. The summed E-state index contributed by atoms with van der Waals surface area (Å²) in [5, 5.41) is 0.971. The van der Waals surface area contributed by atoms with Crippen molar-refractivity contribution in [2.24, 2.45) is 0 Å². The molecule has 0 fully saturated rings. The summed E-state index contributed by atoms with van der Waals surface area (Å²) in [6, 6.07) is 14.4. The molecule has 0 aliphatic rings. The highest BCUT2D eigenvalue weighted by Crippen LogP contribution is 2.21. The number of aromatic nitrogens is 1. The number of sulfonamides is 1. The van der Waals surface area contributed by atoms with E-state index in [0.29, 0.717) is 5.69 Å². The van der Waals surface area contributed by atoms with E-state index in [0.717, 1.165) is 29.3 Å². The van der Waals surface area contributed by atoms with Crippen LogP contribution < -0.4 is 4.72 Å². The van der Waals surface area contributed by atoms with Gasteiger partial charge >= 0.3 is 0 Å². The van der Waals surface area contributed by atoms with Crippen LogP contribution in [0.1, 0.15) is 18.9 Å². The van der Waals surface area contributed by atoms with E-state index in [2.05, 4.69) is 16.6 Å². The van der Waals surface area contributed by atoms with Crippen molar-refractivity contribution in [2.45, 2.75) is 24.7 Å². The van der Waals surface area contributed by atoms with Crippen LogP contribution in [-0.2, 0) is 16.4 Å². The van der Waals surface area contributed by atoms with Gasteiger partial charge in [0.1, 0.15) is 0 Å². The Hall–Kier alpha value is -2.27. The van der Waals surface area contributed by atoms with Gasteiger partial charge in [0.15, 0.2) is 0 Å². The molecule has 1 aromatic heterocycles. The first kappa shape index (κ1) is 14.7. The third-order valence-electron chi connectivity index (χ3n) is 3.58. The lowest BCUT2D eigenvalue weighted by molar-refractivity contribution is 0.601. The third-order valence-corrected chi connectivity index (χ3v) is 4.98. The summed E-state index contributed by atoms with van der Waals surface area (Å²) in [4.78, 5) is 3.36. The molecule has 22 heavy (non-hydrogen) atoms. The molecular weight excluding hydrogens is 296 g/mol. The predicted molar refractivity (Wildman–Crippen MR) is 89.5 cm³/mol. The van der Waals surface area contributed by atoms with Gasteiger partial charge < -0.3 is 4.98 Å². The summed E-state index contributed by atoms with van der Waals surface area (Å²) in [5.74, 6) is 0.